The second-order valence-electron chi connectivity index (χ2n) is 4.28. The van der Waals surface area contributed by atoms with Crippen LogP contribution in [0.25, 0.3) is 0 Å². The number of hydrogen-bond donors (Lipinski definition) is 3. The van der Waals surface area contributed by atoms with Crippen molar-refractivity contribution >= 4 is 35.1 Å². The van der Waals surface area contributed by atoms with Crippen LogP contribution < -0.4 is 5.43 Å². The van der Waals surface area contributed by atoms with Crippen molar-refractivity contribution in [3.8, 4) is 5.75 Å². The summed E-state index contributed by atoms with van der Waals surface area (Å²) in [5, 5.41) is 24.2. The van der Waals surface area contributed by atoms with Crippen molar-refractivity contribution in [3.63, 3.8) is 0 Å². The van der Waals surface area contributed by atoms with Crippen LogP contribution in [0.4, 0.5) is 5.69 Å². The van der Waals surface area contributed by atoms with Gasteiger partial charge >= 0.3 is 0 Å². The Labute approximate surface area is 131 Å². The smallest absolute Gasteiger partial charge is 0.145 e. The van der Waals surface area contributed by atoms with Gasteiger partial charge in [0.2, 0.25) is 0 Å². The maximum Gasteiger partial charge on any atom is 0.145 e. The molecule has 0 aliphatic rings. The van der Waals surface area contributed by atoms with Crippen molar-refractivity contribution in [2.75, 3.05) is 5.43 Å². The van der Waals surface area contributed by atoms with E-state index < -0.39 is 0 Å². The number of nitrogens with zero attached hydrogens (tertiary/aromatic N) is 2. The fourth-order valence-corrected chi connectivity index (χ4v) is 2.00. The highest BCUT2D eigenvalue weighted by molar-refractivity contribution is 6.35. The van der Waals surface area contributed by atoms with E-state index in [2.05, 4.69) is 15.5 Å². The van der Waals surface area contributed by atoms with Crippen molar-refractivity contribution in [1.82, 2.24) is 4.98 Å². The number of hydrogen-bond acceptors (Lipinski definition) is 5. The number of halogens is 2. The van der Waals surface area contributed by atoms with Gasteiger partial charge in [-0.05, 0) is 25.1 Å². The Bertz CT molecular complexity index is 690. The summed E-state index contributed by atoms with van der Waals surface area (Å²) >= 11 is 11.9. The number of pyridine rings is 1. The Balaban J connectivity index is 2.26. The third kappa shape index (κ3) is 3.64. The lowest BCUT2D eigenvalue weighted by atomic mass is 10.1. The van der Waals surface area contributed by atoms with Crippen LogP contribution in [0.15, 0.2) is 29.5 Å². The van der Waals surface area contributed by atoms with Crippen LogP contribution in [0.2, 0.25) is 10.0 Å². The lowest BCUT2D eigenvalue weighted by Crippen LogP contribution is -1.99. The summed E-state index contributed by atoms with van der Waals surface area (Å²) in [6.07, 6.45) is 2.88. The second-order valence-corrected chi connectivity index (χ2v) is 5.13. The van der Waals surface area contributed by atoms with Crippen LogP contribution in [0.1, 0.15) is 16.8 Å². The van der Waals surface area contributed by atoms with Gasteiger partial charge in [-0.1, -0.05) is 23.2 Å². The molecular weight excluding hydrogens is 313 g/mol. The summed E-state index contributed by atoms with van der Waals surface area (Å²) in [6.45, 7) is 1.41. The van der Waals surface area contributed by atoms with Gasteiger partial charge in [0.15, 0.2) is 0 Å². The van der Waals surface area contributed by atoms with Crippen molar-refractivity contribution < 1.29 is 10.2 Å². The molecule has 21 heavy (non-hydrogen) atoms. The van der Waals surface area contributed by atoms with E-state index >= 15 is 0 Å². The number of hydrazone groups is 1. The zero-order chi connectivity index (χ0) is 15.4. The van der Waals surface area contributed by atoms with Crippen molar-refractivity contribution in [2.45, 2.75) is 13.5 Å². The first kappa shape index (κ1) is 15.6. The van der Waals surface area contributed by atoms with E-state index in [-0.39, 0.29) is 12.4 Å². The quantitative estimate of drug-likeness (QED) is 0.595. The summed E-state index contributed by atoms with van der Waals surface area (Å²) in [7, 11) is 0. The number of aliphatic hydroxyl groups is 1. The van der Waals surface area contributed by atoms with Gasteiger partial charge in [0.1, 0.15) is 5.75 Å². The predicted molar refractivity (Wildman–Crippen MR) is 84.2 cm³/mol. The summed E-state index contributed by atoms with van der Waals surface area (Å²) in [6, 6.07) is 4.95. The van der Waals surface area contributed by atoms with Crippen LogP contribution in [-0.2, 0) is 6.61 Å². The highest BCUT2D eigenvalue weighted by Gasteiger charge is 2.09. The molecule has 5 nitrogen and oxygen atoms in total. The molecule has 0 bridgehead atoms. The lowest BCUT2D eigenvalue weighted by Gasteiger charge is -2.07. The number of aryl methyl sites for hydroxylation is 1. The molecule has 3 N–H and O–H groups in total. The van der Waals surface area contributed by atoms with Crippen molar-refractivity contribution in [3.05, 3.63) is 51.3 Å². The average Bonchev–Trinajstić information content (AvgIpc) is 2.47. The Morgan fingerprint density at radius 2 is 2.14 bits per heavy atom. The standard InChI is InChI=1S/C14H13Cl2N3O2/c1-8-14(21)11(9(7-20)5-17-8)6-18-19-13-4-10(15)2-3-12(13)16/h2-6,19-21H,7H2,1H3/b18-6-. The van der Waals surface area contributed by atoms with Gasteiger partial charge in [0.25, 0.3) is 0 Å². The lowest BCUT2D eigenvalue weighted by molar-refractivity contribution is 0.280. The molecular formula is C14H13Cl2N3O2. The third-order valence-electron chi connectivity index (χ3n) is 2.84. The fraction of sp³-hybridized carbons (Fsp3) is 0.143. The van der Waals surface area contributed by atoms with Gasteiger partial charge in [-0.15, -0.1) is 0 Å². The molecule has 1 aromatic heterocycles. The maximum absolute atomic E-state index is 9.97. The third-order valence-corrected chi connectivity index (χ3v) is 3.40. The number of aromatic hydroxyl groups is 1. The summed E-state index contributed by atoms with van der Waals surface area (Å²) < 4.78 is 0. The van der Waals surface area contributed by atoms with E-state index in [9.17, 15) is 10.2 Å². The molecule has 110 valence electrons. The topological polar surface area (TPSA) is 77.7 Å². The highest BCUT2D eigenvalue weighted by Crippen LogP contribution is 2.26. The number of benzene rings is 1. The van der Waals surface area contributed by atoms with Crippen LogP contribution in [0.3, 0.4) is 0 Å². The van der Waals surface area contributed by atoms with Gasteiger partial charge < -0.3 is 10.2 Å². The van der Waals surface area contributed by atoms with E-state index in [0.29, 0.717) is 32.6 Å². The number of aliphatic hydroxyl groups excluding tert-OH is 1. The molecule has 1 aromatic carbocycles. The van der Waals surface area contributed by atoms with Gasteiger partial charge in [-0.3, -0.25) is 10.4 Å². The molecule has 0 saturated heterocycles. The monoisotopic (exact) mass is 325 g/mol. The molecule has 0 aliphatic carbocycles. The minimum absolute atomic E-state index is 0.0238. The molecule has 0 unspecified atom stereocenters. The zero-order valence-corrected chi connectivity index (χ0v) is 12.7. The highest BCUT2D eigenvalue weighted by atomic mass is 35.5. The van der Waals surface area contributed by atoms with Crippen LogP contribution in [0, 0.1) is 6.92 Å². The van der Waals surface area contributed by atoms with Gasteiger partial charge in [-0.25, -0.2) is 0 Å². The van der Waals surface area contributed by atoms with Gasteiger partial charge in [0.05, 0.1) is 29.2 Å². The summed E-state index contributed by atoms with van der Waals surface area (Å²) in [5.41, 5.74) is 4.60. The Hall–Kier alpha value is -1.82. The Kier molecular flexibility index (Phi) is 5.01. The Morgan fingerprint density at radius 3 is 2.86 bits per heavy atom. The van der Waals surface area contributed by atoms with Crippen molar-refractivity contribution in [2.24, 2.45) is 5.10 Å². The maximum atomic E-state index is 9.97. The number of nitrogens with one attached hydrogen (secondary N) is 1. The minimum atomic E-state index is -0.250. The van der Waals surface area contributed by atoms with Crippen LogP contribution in [0.5, 0.6) is 5.75 Å². The average molecular weight is 326 g/mol. The first-order valence-electron chi connectivity index (χ1n) is 6.05. The molecule has 2 aromatic rings. The zero-order valence-electron chi connectivity index (χ0n) is 11.1. The molecule has 0 amide bonds. The fourth-order valence-electron chi connectivity index (χ4n) is 1.67. The van der Waals surface area contributed by atoms with E-state index in [1.54, 1.807) is 25.1 Å². The molecule has 0 fully saturated rings. The van der Waals surface area contributed by atoms with Crippen molar-refractivity contribution in [1.29, 1.82) is 0 Å². The number of aromatic nitrogens is 1. The minimum Gasteiger partial charge on any atom is -0.505 e. The van der Waals surface area contributed by atoms with E-state index in [1.165, 1.54) is 12.4 Å². The largest absolute Gasteiger partial charge is 0.505 e. The molecule has 0 radical (unpaired) electrons. The number of rotatable bonds is 4. The Morgan fingerprint density at radius 1 is 1.38 bits per heavy atom. The second kappa shape index (κ2) is 6.76. The van der Waals surface area contributed by atoms with Gasteiger partial charge in [-0.2, -0.15) is 5.10 Å². The van der Waals surface area contributed by atoms with E-state index in [0.717, 1.165) is 0 Å². The summed E-state index contributed by atoms with van der Waals surface area (Å²) in [4.78, 5) is 3.97. The van der Waals surface area contributed by atoms with Crippen LogP contribution >= 0.6 is 23.2 Å². The molecule has 0 atom stereocenters. The van der Waals surface area contributed by atoms with E-state index in [4.69, 9.17) is 23.2 Å². The molecule has 1 heterocycles. The molecule has 2 rings (SSSR count). The first-order chi connectivity index (χ1) is 10.0. The SMILES string of the molecule is Cc1ncc(CO)c(/C=N\Nc2cc(Cl)ccc2Cl)c1O. The van der Waals surface area contributed by atoms with Gasteiger partial charge in [0, 0.05) is 22.3 Å². The number of anilines is 1. The summed E-state index contributed by atoms with van der Waals surface area (Å²) in [5.74, 6) is -0.0238. The predicted octanol–water partition coefficient (Wildman–Crippen LogP) is 3.34. The molecule has 7 heteroatoms. The van der Waals surface area contributed by atoms with Crippen LogP contribution in [-0.4, -0.2) is 21.4 Å². The molecule has 0 saturated carbocycles. The normalized spacial score (nSPS) is 11.0. The molecule has 0 aliphatic heterocycles. The first-order valence-corrected chi connectivity index (χ1v) is 6.81. The molecule has 0 spiro atoms. The van der Waals surface area contributed by atoms with E-state index in [1.807, 2.05) is 0 Å².